The second-order valence-electron chi connectivity index (χ2n) is 7.08. The Bertz CT molecular complexity index is 985. The van der Waals surface area contributed by atoms with Gasteiger partial charge in [-0.15, -0.1) is 0 Å². The van der Waals surface area contributed by atoms with E-state index in [1.54, 1.807) is 0 Å². The molecule has 27 heavy (non-hydrogen) atoms. The fourth-order valence-electron chi connectivity index (χ4n) is 3.58. The van der Waals surface area contributed by atoms with Crippen molar-refractivity contribution in [2.75, 3.05) is 13.1 Å². The van der Waals surface area contributed by atoms with Crippen molar-refractivity contribution < 1.29 is 9.53 Å². The van der Waals surface area contributed by atoms with Gasteiger partial charge in [0.1, 0.15) is 5.75 Å². The molecule has 0 spiro atoms. The quantitative estimate of drug-likeness (QED) is 0.741. The van der Waals surface area contributed by atoms with Crippen LogP contribution in [0.5, 0.6) is 5.75 Å². The first-order valence-electron chi connectivity index (χ1n) is 9.39. The summed E-state index contributed by atoms with van der Waals surface area (Å²) >= 11 is 0. The molecule has 4 nitrogen and oxygen atoms in total. The van der Waals surface area contributed by atoms with Crippen molar-refractivity contribution in [1.82, 2.24) is 9.88 Å². The normalized spacial score (nSPS) is 15.5. The van der Waals surface area contributed by atoms with Crippen LogP contribution in [0.3, 0.4) is 0 Å². The van der Waals surface area contributed by atoms with Crippen LogP contribution < -0.4 is 4.74 Å². The van der Waals surface area contributed by atoms with Crippen molar-refractivity contribution in [2.45, 2.75) is 26.4 Å². The van der Waals surface area contributed by atoms with E-state index in [9.17, 15) is 4.79 Å². The van der Waals surface area contributed by atoms with E-state index in [0.717, 1.165) is 17.7 Å². The number of nitrogens with one attached hydrogen (secondary N) is 1. The smallest absolute Gasteiger partial charge is 0.263 e. The van der Waals surface area contributed by atoms with Gasteiger partial charge in [0.05, 0.1) is 0 Å². The molecule has 1 aliphatic rings. The van der Waals surface area contributed by atoms with Crippen molar-refractivity contribution in [3.63, 3.8) is 0 Å². The Morgan fingerprint density at radius 3 is 2.67 bits per heavy atom. The number of nitrogens with zero attached hydrogens (tertiary/aromatic N) is 1. The summed E-state index contributed by atoms with van der Waals surface area (Å²) in [5.74, 6) is 0.762. The number of aromatic nitrogens is 1. The number of aromatic amines is 1. The van der Waals surface area contributed by atoms with Gasteiger partial charge in [0.15, 0.2) is 6.10 Å². The maximum absolute atomic E-state index is 12.7. The summed E-state index contributed by atoms with van der Waals surface area (Å²) in [6.07, 6.45) is 4.59. The lowest BCUT2D eigenvalue weighted by Crippen LogP contribution is -2.42. The fourth-order valence-corrected chi connectivity index (χ4v) is 3.58. The van der Waals surface area contributed by atoms with E-state index in [1.165, 1.54) is 22.1 Å². The minimum Gasteiger partial charge on any atom is -0.481 e. The molecule has 0 bridgehead atoms. The van der Waals surface area contributed by atoms with E-state index in [-0.39, 0.29) is 5.91 Å². The molecule has 1 aromatic heterocycles. The van der Waals surface area contributed by atoms with E-state index in [1.807, 2.05) is 49.1 Å². The van der Waals surface area contributed by atoms with Gasteiger partial charge >= 0.3 is 0 Å². The Kier molecular flexibility index (Phi) is 4.71. The summed E-state index contributed by atoms with van der Waals surface area (Å²) in [5, 5.41) is 1.24. The van der Waals surface area contributed by atoms with Crippen molar-refractivity contribution in [3.05, 3.63) is 71.9 Å². The summed E-state index contributed by atoms with van der Waals surface area (Å²) in [4.78, 5) is 17.9. The molecule has 2 heterocycles. The van der Waals surface area contributed by atoms with Gasteiger partial charge in [-0.3, -0.25) is 4.79 Å². The maximum Gasteiger partial charge on any atom is 0.263 e. The highest BCUT2D eigenvalue weighted by Gasteiger charge is 2.24. The Hall–Kier alpha value is -3.01. The van der Waals surface area contributed by atoms with Gasteiger partial charge in [0.2, 0.25) is 0 Å². The number of hydrogen-bond acceptors (Lipinski definition) is 2. The third-order valence-electron chi connectivity index (χ3n) is 5.14. The van der Waals surface area contributed by atoms with Crippen LogP contribution in [-0.4, -0.2) is 35.0 Å². The van der Waals surface area contributed by atoms with Gasteiger partial charge in [-0.25, -0.2) is 0 Å². The van der Waals surface area contributed by atoms with E-state index in [2.05, 4.69) is 35.5 Å². The molecular formula is C23H24N2O2. The van der Waals surface area contributed by atoms with E-state index in [0.29, 0.717) is 13.1 Å². The molecule has 1 atom stereocenters. The minimum atomic E-state index is -0.490. The van der Waals surface area contributed by atoms with Crippen molar-refractivity contribution in [3.8, 4) is 5.75 Å². The Morgan fingerprint density at radius 1 is 1.15 bits per heavy atom. The molecule has 0 radical (unpaired) electrons. The molecule has 3 aromatic rings. The summed E-state index contributed by atoms with van der Waals surface area (Å²) in [6, 6.07) is 16.1. The minimum absolute atomic E-state index is 0.0322. The van der Waals surface area contributed by atoms with Crippen LogP contribution >= 0.6 is 0 Å². The number of aryl methyl sites for hydroxylation is 1. The molecule has 4 heteroatoms. The van der Waals surface area contributed by atoms with Crippen LogP contribution in [0, 0.1) is 6.92 Å². The zero-order chi connectivity index (χ0) is 18.8. The van der Waals surface area contributed by atoms with E-state index >= 15 is 0 Å². The number of rotatable bonds is 4. The topological polar surface area (TPSA) is 45.3 Å². The average molecular weight is 360 g/mol. The number of H-pyrrole nitrogens is 1. The number of carbonyl (C=O) groups is 1. The van der Waals surface area contributed by atoms with Gasteiger partial charge in [0.25, 0.3) is 5.91 Å². The van der Waals surface area contributed by atoms with Gasteiger partial charge < -0.3 is 14.6 Å². The largest absolute Gasteiger partial charge is 0.481 e. The first-order chi connectivity index (χ1) is 13.1. The van der Waals surface area contributed by atoms with Crippen molar-refractivity contribution in [2.24, 2.45) is 0 Å². The van der Waals surface area contributed by atoms with Gasteiger partial charge in [-0.1, -0.05) is 42.0 Å². The average Bonchev–Trinajstić information content (AvgIpc) is 3.13. The van der Waals surface area contributed by atoms with Crippen LogP contribution in [-0.2, 0) is 4.79 Å². The summed E-state index contributed by atoms with van der Waals surface area (Å²) in [5.41, 5.74) is 4.85. The number of fused-ring (bicyclic) bond motifs is 1. The Labute approximate surface area is 159 Å². The highest BCUT2D eigenvalue weighted by atomic mass is 16.5. The molecule has 1 aliphatic heterocycles. The first-order valence-corrected chi connectivity index (χ1v) is 9.39. The lowest BCUT2D eigenvalue weighted by molar-refractivity contribution is -0.137. The summed E-state index contributed by atoms with van der Waals surface area (Å²) in [7, 11) is 0. The second-order valence-corrected chi connectivity index (χ2v) is 7.08. The van der Waals surface area contributed by atoms with Gasteiger partial charge in [-0.05, 0) is 44.0 Å². The molecule has 0 unspecified atom stereocenters. The standard InChI is InChI=1S/C23H24N2O2/c1-16-7-9-19(10-8-16)27-17(2)23(26)25-13-11-18(12-14-25)21-15-24-22-6-4-3-5-20(21)22/h3-11,15,17,24H,12-14H2,1-2H3/t17-/m0/s1. The molecule has 138 valence electrons. The highest BCUT2D eigenvalue weighted by Crippen LogP contribution is 2.29. The summed E-state index contributed by atoms with van der Waals surface area (Å²) < 4.78 is 5.82. The Morgan fingerprint density at radius 2 is 1.93 bits per heavy atom. The molecule has 1 N–H and O–H groups in total. The number of benzene rings is 2. The monoisotopic (exact) mass is 360 g/mol. The lowest BCUT2D eigenvalue weighted by atomic mass is 9.99. The predicted molar refractivity (Wildman–Crippen MR) is 109 cm³/mol. The van der Waals surface area contributed by atoms with Crippen LogP contribution in [0.25, 0.3) is 16.5 Å². The molecule has 0 saturated carbocycles. The van der Waals surface area contributed by atoms with Gasteiger partial charge in [-0.2, -0.15) is 0 Å². The van der Waals surface area contributed by atoms with E-state index < -0.39 is 6.10 Å². The molecule has 4 rings (SSSR count). The number of amides is 1. The molecule has 0 saturated heterocycles. The van der Waals surface area contributed by atoms with E-state index in [4.69, 9.17) is 4.74 Å². The second kappa shape index (κ2) is 7.31. The van der Waals surface area contributed by atoms with Crippen LogP contribution in [0.15, 0.2) is 60.8 Å². The zero-order valence-electron chi connectivity index (χ0n) is 15.7. The van der Waals surface area contributed by atoms with Crippen LogP contribution in [0.1, 0.15) is 24.5 Å². The summed E-state index contributed by atoms with van der Waals surface area (Å²) in [6.45, 7) is 5.19. The SMILES string of the molecule is Cc1ccc(O[C@@H](C)C(=O)N2CC=C(c3c[nH]c4ccccc34)CC2)cc1. The van der Waals surface area contributed by atoms with Crippen LogP contribution in [0.2, 0.25) is 0 Å². The maximum atomic E-state index is 12.7. The molecule has 1 amide bonds. The fraction of sp³-hybridized carbons (Fsp3) is 0.261. The lowest BCUT2D eigenvalue weighted by Gasteiger charge is -2.29. The predicted octanol–water partition coefficient (Wildman–Crippen LogP) is 4.56. The molecule has 0 aliphatic carbocycles. The number of carbonyl (C=O) groups excluding carboxylic acids is 1. The first kappa shape index (κ1) is 17.4. The molecule has 0 fully saturated rings. The Balaban J connectivity index is 1.43. The third kappa shape index (κ3) is 3.61. The number of para-hydroxylation sites is 1. The third-order valence-corrected chi connectivity index (χ3v) is 5.14. The van der Waals surface area contributed by atoms with Crippen LogP contribution in [0.4, 0.5) is 0 Å². The highest BCUT2D eigenvalue weighted by molar-refractivity contribution is 5.93. The zero-order valence-corrected chi connectivity index (χ0v) is 15.7. The number of ether oxygens (including phenoxy) is 1. The van der Waals surface area contributed by atoms with Crippen molar-refractivity contribution in [1.29, 1.82) is 0 Å². The molecule has 2 aromatic carbocycles. The van der Waals surface area contributed by atoms with Gasteiger partial charge in [0, 0.05) is 35.8 Å². The van der Waals surface area contributed by atoms with Crippen molar-refractivity contribution >= 4 is 22.4 Å². The number of hydrogen-bond donors (Lipinski definition) is 1. The molecular weight excluding hydrogens is 336 g/mol.